The number of phenols is 2. The van der Waals surface area contributed by atoms with Crippen LogP contribution >= 0.6 is 0 Å². The molecule has 11 heteroatoms. The normalized spacial score (nSPS) is 32.0. The van der Waals surface area contributed by atoms with Gasteiger partial charge in [0.2, 0.25) is 11.4 Å². The third-order valence-electron chi connectivity index (χ3n) is 9.00. The molecule has 3 fully saturated rings. The van der Waals surface area contributed by atoms with E-state index in [-0.39, 0.29) is 41.4 Å². The van der Waals surface area contributed by atoms with E-state index in [4.69, 9.17) is 37.9 Å². The van der Waals surface area contributed by atoms with Gasteiger partial charge < -0.3 is 53.2 Å². The van der Waals surface area contributed by atoms with Crippen molar-refractivity contribution in [2.24, 2.45) is 0 Å². The van der Waals surface area contributed by atoms with Gasteiger partial charge in [-0.1, -0.05) is 6.92 Å². The summed E-state index contributed by atoms with van der Waals surface area (Å²) >= 11 is 0. The standard InChI is InChI=1S/C29H32O11/c1-7-14-9-16(36-11-33-4)19-20(23(14)35-6)21(30)15-8-12(2)17-24(18(15)22(19)31)38-28(32)26-25(17)39-29(40-26,13(3)34-5)27(28)10-37-27/h8-9,13,25-26,30-32H,7,10-11H2,1-6H3/t13?,25-,26?,27?,28?,29?/m1/s1. The minimum absolute atomic E-state index is 0.0837. The van der Waals surface area contributed by atoms with Crippen molar-refractivity contribution >= 4 is 21.5 Å². The van der Waals surface area contributed by atoms with E-state index in [2.05, 4.69) is 0 Å². The molecule has 1 spiro atoms. The highest BCUT2D eigenvalue weighted by Gasteiger charge is 2.91. The van der Waals surface area contributed by atoms with Crippen LogP contribution in [0.15, 0.2) is 12.1 Å². The molecule has 4 heterocycles. The molecule has 0 amide bonds. The molecule has 6 atom stereocenters. The number of phenolic OH excluding ortho intramolecular Hbond substituents is 2. The van der Waals surface area contributed by atoms with Gasteiger partial charge in [0, 0.05) is 25.2 Å². The van der Waals surface area contributed by atoms with Crippen LogP contribution < -0.4 is 14.2 Å². The number of hydrogen-bond donors (Lipinski definition) is 3. The number of benzene rings is 3. The number of methoxy groups -OCH3 is 3. The van der Waals surface area contributed by atoms with Gasteiger partial charge in [0.05, 0.1) is 29.9 Å². The fourth-order valence-corrected chi connectivity index (χ4v) is 6.98. The van der Waals surface area contributed by atoms with Crippen LogP contribution in [0.3, 0.4) is 0 Å². The zero-order valence-corrected chi connectivity index (χ0v) is 23.1. The number of rotatable bonds is 7. The van der Waals surface area contributed by atoms with E-state index in [1.165, 1.54) is 21.3 Å². The smallest absolute Gasteiger partial charge is 0.274 e. The Morgan fingerprint density at radius 1 is 1.07 bits per heavy atom. The molecule has 0 radical (unpaired) electrons. The number of ether oxygens (including phenoxy) is 8. The minimum atomic E-state index is -1.94. The Morgan fingerprint density at radius 2 is 1.82 bits per heavy atom. The van der Waals surface area contributed by atoms with E-state index in [1.807, 2.05) is 13.8 Å². The monoisotopic (exact) mass is 556 g/mol. The van der Waals surface area contributed by atoms with Gasteiger partial charge in [-0.05, 0) is 43.5 Å². The molecule has 0 saturated carbocycles. The summed E-state index contributed by atoms with van der Waals surface area (Å²) in [6, 6.07) is 3.51. The molecule has 3 aromatic rings. The van der Waals surface area contributed by atoms with E-state index in [0.29, 0.717) is 39.8 Å². The Balaban J connectivity index is 1.55. The van der Waals surface area contributed by atoms with Crippen molar-refractivity contribution in [3.8, 4) is 28.7 Å². The first-order valence-electron chi connectivity index (χ1n) is 13.2. The van der Waals surface area contributed by atoms with Crippen molar-refractivity contribution in [1.82, 2.24) is 0 Å². The van der Waals surface area contributed by atoms with E-state index in [0.717, 1.165) is 5.56 Å². The molecule has 5 unspecified atom stereocenters. The SMILES string of the molecule is CCc1cc(OCOC)c2c(O)c3c4c(c(C)cc3c(O)c2c1OC)[C@H]1OC2(C(C)OC)OC1C(O)(O4)C21CO1. The molecule has 4 aliphatic heterocycles. The fourth-order valence-electron chi connectivity index (χ4n) is 6.98. The van der Waals surface area contributed by atoms with Gasteiger partial charge in [-0.3, -0.25) is 0 Å². The predicted octanol–water partition coefficient (Wildman–Crippen LogP) is 3.32. The summed E-state index contributed by atoms with van der Waals surface area (Å²) in [5.41, 5.74) is 0.756. The lowest BCUT2D eigenvalue weighted by atomic mass is 9.78. The molecule has 2 bridgehead atoms. The molecular weight excluding hydrogens is 524 g/mol. The second-order valence-corrected chi connectivity index (χ2v) is 10.8. The number of hydrogen-bond acceptors (Lipinski definition) is 11. The molecule has 3 saturated heterocycles. The quantitative estimate of drug-likeness (QED) is 0.171. The minimum Gasteiger partial charge on any atom is -0.506 e. The topological polar surface area (TPSA) is 138 Å². The molecule has 40 heavy (non-hydrogen) atoms. The Hall–Kier alpha value is -3.06. The van der Waals surface area contributed by atoms with Crippen molar-refractivity contribution in [3.05, 3.63) is 28.8 Å². The lowest BCUT2D eigenvalue weighted by Crippen LogP contribution is -2.68. The highest BCUT2D eigenvalue weighted by atomic mass is 16.9. The third-order valence-corrected chi connectivity index (χ3v) is 9.00. The molecule has 3 N–H and O–H groups in total. The number of aromatic hydroxyl groups is 2. The summed E-state index contributed by atoms with van der Waals surface area (Å²) in [5.74, 6) is -2.78. The maximum Gasteiger partial charge on any atom is 0.274 e. The van der Waals surface area contributed by atoms with Crippen LogP contribution in [-0.2, 0) is 30.1 Å². The number of epoxide rings is 1. The van der Waals surface area contributed by atoms with E-state index in [1.54, 1.807) is 19.1 Å². The van der Waals surface area contributed by atoms with Crippen molar-refractivity contribution < 1.29 is 53.2 Å². The fraction of sp³-hybridized carbons (Fsp3) is 0.517. The zero-order chi connectivity index (χ0) is 28.4. The Morgan fingerprint density at radius 3 is 2.45 bits per heavy atom. The van der Waals surface area contributed by atoms with Gasteiger partial charge in [0.25, 0.3) is 5.79 Å². The van der Waals surface area contributed by atoms with Crippen LogP contribution in [-0.4, -0.2) is 79.4 Å². The number of fused-ring (bicyclic) bond motifs is 8. The predicted molar refractivity (Wildman–Crippen MR) is 140 cm³/mol. The largest absolute Gasteiger partial charge is 0.506 e. The van der Waals surface area contributed by atoms with Crippen LogP contribution in [0.2, 0.25) is 0 Å². The summed E-state index contributed by atoms with van der Waals surface area (Å²) in [4.78, 5) is 0. The maximum atomic E-state index is 12.1. The third kappa shape index (κ3) is 2.75. The Bertz CT molecular complexity index is 1580. The summed E-state index contributed by atoms with van der Waals surface area (Å²) in [5, 5.41) is 36.8. The summed E-state index contributed by atoms with van der Waals surface area (Å²) in [7, 11) is 4.54. The van der Waals surface area contributed by atoms with Crippen LogP contribution in [0.1, 0.15) is 36.6 Å². The van der Waals surface area contributed by atoms with Gasteiger partial charge in [-0.25, -0.2) is 0 Å². The van der Waals surface area contributed by atoms with Gasteiger partial charge in [0.15, 0.2) is 12.9 Å². The Labute approximate surface area is 230 Å². The van der Waals surface area contributed by atoms with Crippen molar-refractivity contribution in [1.29, 1.82) is 0 Å². The number of aryl methyl sites for hydroxylation is 2. The van der Waals surface area contributed by atoms with Crippen LogP contribution in [0.25, 0.3) is 21.5 Å². The molecule has 0 aliphatic carbocycles. The van der Waals surface area contributed by atoms with Gasteiger partial charge in [0.1, 0.15) is 41.0 Å². The van der Waals surface area contributed by atoms with Gasteiger partial charge in [-0.15, -0.1) is 0 Å². The first-order chi connectivity index (χ1) is 19.1. The van der Waals surface area contributed by atoms with Crippen molar-refractivity contribution in [3.63, 3.8) is 0 Å². The Kier molecular flexibility index (Phi) is 5.34. The van der Waals surface area contributed by atoms with E-state index >= 15 is 0 Å². The zero-order valence-electron chi connectivity index (χ0n) is 23.1. The van der Waals surface area contributed by atoms with Crippen LogP contribution in [0.4, 0.5) is 0 Å². The lowest BCUT2D eigenvalue weighted by molar-refractivity contribution is -0.301. The van der Waals surface area contributed by atoms with Gasteiger partial charge >= 0.3 is 0 Å². The molecule has 11 nitrogen and oxygen atoms in total. The molecular formula is C29H32O11. The second-order valence-electron chi connectivity index (χ2n) is 10.8. The highest BCUT2D eigenvalue weighted by Crippen LogP contribution is 2.71. The first-order valence-corrected chi connectivity index (χ1v) is 13.2. The van der Waals surface area contributed by atoms with Crippen molar-refractivity contribution in [2.45, 2.75) is 62.7 Å². The molecule has 7 rings (SSSR count). The molecule has 4 aliphatic rings. The highest BCUT2D eigenvalue weighted by molar-refractivity contribution is 6.17. The first kappa shape index (κ1) is 25.9. The van der Waals surface area contributed by atoms with E-state index in [9.17, 15) is 15.3 Å². The average molecular weight is 557 g/mol. The summed E-state index contributed by atoms with van der Waals surface area (Å²) < 4.78 is 47.5. The molecule has 214 valence electrons. The van der Waals surface area contributed by atoms with Crippen LogP contribution in [0.5, 0.6) is 28.7 Å². The number of aliphatic hydroxyl groups is 1. The van der Waals surface area contributed by atoms with E-state index < -0.39 is 35.5 Å². The maximum absolute atomic E-state index is 12.1. The summed E-state index contributed by atoms with van der Waals surface area (Å²) in [6.07, 6.45) is -1.64. The van der Waals surface area contributed by atoms with Crippen LogP contribution in [0, 0.1) is 6.92 Å². The van der Waals surface area contributed by atoms with Crippen molar-refractivity contribution in [2.75, 3.05) is 34.7 Å². The van der Waals surface area contributed by atoms with Gasteiger partial charge in [-0.2, -0.15) is 0 Å². The summed E-state index contributed by atoms with van der Waals surface area (Å²) in [6.45, 7) is 5.64. The average Bonchev–Trinajstić information content (AvgIpc) is 3.62. The molecule has 0 aromatic heterocycles. The molecule has 3 aromatic carbocycles. The lowest BCUT2D eigenvalue weighted by Gasteiger charge is -2.47. The second kappa shape index (κ2) is 8.25.